The van der Waals surface area contributed by atoms with Crippen LogP contribution < -0.4 is 9.80 Å². The minimum absolute atomic E-state index is 0.0626. The van der Waals surface area contributed by atoms with E-state index in [9.17, 15) is 9.18 Å². The van der Waals surface area contributed by atoms with Gasteiger partial charge in [0.15, 0.2) is 0 Å². The number of carbonyl (C=O) groups excluding carboxylic acids is 1. The van der Waals surface area contributed by atoms with E-state index in [1.54, 1.807) is 12.1 Å². The molecule has 1 atom stereocenters. The normalized spacial score (nSPS) is 21.1. The number of rotatable bonds is 4. The van der Waals surface area contributed by atoms with Crippen LogP contribution in [0.5, 0.6) is 0 Å². The van der Waals surface area contributed by atoms with Crippen LogP contribution in [-0.2, 0) is 9.47 Å². The molecular weight excluding hydrogens is 305 g/mol. The summed E-state index contributed by atoms with van der Waals surface area (Å²) in [6.45, 7) is 2.70. The highest BCUT2D eigenvalue weighted by molar-refractivity contribution is 5.90. The number of anilines is 2. The molecule has 0 spiro atoms. The highest BCUT2D eigenvalue weighted by atomic mass is 19.1. The number of carbonyl (C=O) groups is 1. The van der Waals surface area contributed by atoms with Crippen LogP contribution in [0.3, 0.4) is 0 Å². The first-order valence-electron chi connectivity index (χ1n) is 7.30. The number of ether oxygens (including phenoxy) is 2. The van der Waals surface area contributed by atoms with E-state index in [2.05, 4.69) is 10.0 Å². The summed E-state index contributed by atoms with van der Waals surface area (Å²) < 4.78 is 24.7. The molecule has 2 saturated heterocycles. The molecule has 23 heavy (non-hydrogen) atoms. The Labute approximate surface area is 132 Å². The van der Waals surface area contributed by atoms with E-state index in [0.29, 0.717) is 37.7 Å². The second-order valence-electron chi connectivity index (χ2n) is 5.26. The van der Waals surface area contributed by atoms with Crippen molar-refractivity contribution in [1.82, 2.24) is 0 Å². The average molecular weight is 321 g/mol. The molecule has 0 radical (unpaired) electrons. The molecule has 2 fully saturated rings. The summed E-state index contributed by atoms with van der Waals surface area (Å²) in [4.78, 5) is 17.8. The fraction of sp³-hybridized carbons (Fsp3) is 0.500. The van der Waals surface area contributed by atoms with Gasteiger partial charge in [0.25, 0.3) is 0 Å². The lowest BCUT2D eigenvalue weighted by Gasteiger charge is -2.29. The molecule has 8 nitrogen and oxygen atoms in total. The van der Waals surface area contributed by atoms with Crippen molar-refractivity contribution in [2.24, 2.45) is 5.11 Å². The number of morpholine rings is 1. The van der Waals surface area contributed by atoms with Gasteiger partial charge >= 0.3 is 6.09 Å². The van der Waals surface area contributed by atoms with Gasteiger partial charge in [-0.05, 0) is 23.7 Å². The third-order valence-corrected chi connectivity index (χ3v) is 3.82. The van der Waals surface area contributed by atoms with E-state index in [0.717, 1.165) is 0 Å². The van der Waals surface area contributed by atoms with Crippen LogP contribution >= 0.6 is 0 Å². The van der Waals surface area contributed by atoms with Crippen molar-refractivity contribution in [1.29, 1.82) is 0 Å². The number of benzene rings is 1. The molecule has 0 bridgehead atoms. The second kappa shape index (κ2) is 6.72. The fourth-order valence-electron chi connectivity index (χ4n) is 2.68. The highest BCUT2D eigenvalue weighted by Crippen LogP contribution is 2.28. The van der Waals surface area contributed by atoms with Gasteiger partial charge in [-0.15, -0.1) is 0 Å². The van der Waals surface area contributed by atoms with Crippen molar-refractivity contribution >= 4 is 17.5 Å². The van der Waals surface area contributed by atoms with E-state index in [-0.39, 0.29) is 13.1 Å². The summed E-state index contributed by atoms with van der Waals surface area (Å²) in [7, 11) is 0. The zero-order chi connectivity index (χ0) is 16.2. The zero-order valence-corrected chi connectivity index (χ0v) is 12.4. The van der Waals surface area contributed by atoms with Crippen LogP contribution in [0.25, 0.3) is 10.4 Å². The Balaban J connectivity index is 1.74. The maximum atomic E-state index is 14.4. The lowest BCUT2D eigenvalue weighted by atomic mass is 10.2. The first kappa shape index (κ1) is 15.4. The molecule has 2 heterocycles. The van der Waals surface area contributed by atoms with Crippen LogP contribution in [0.2, 0.25) is 0 Å². The summed E-state index contributed by atoms with van der Waals surface area (Å²) in [5.41, 5.74) is 9.23. The summed E-state index contributed by atoms with van der Waals surface area (Å²) in [5, 5.41) is 3.39. The van der Waals surface area contributed by atoms with Crippen molar-refractivity contribution in [2.45, 2.75) is 6.10 Å². The fourth-order valence-corrected chi connectivity index (χ4v) is 2.68. The predicted molar refractivity (Wildman–Crippen MR) is 81.1 cm³/mol. The van der Waals surface area contributed by atoms with E-state index < -0.39 is 18.0 Å². The smallest absolute Gasteiger partial charge is 0.414 e. The molecule has 0 aromatic heterocycles. The first-order chi connectivity index (χ1) is 11.2. The van der Waals surface area contributed by atoms with Gasteiger partial charge in [0, 0.05) is 18.0 Å². The molecule has 0 unspecified atom stereocenters. The van der Waals surface area contributed by atoms with Gasteiger partial charge in [0.2, 0.25) is 0 Å². The molecule has 2 aliphatic heterocycles. The van der Waals surface area contributed by atoms with Gasteiger partial charge in [-0.25, -0.2) is 9.18 Å². The maximum absolute atomic E-state index is 14.4. The van der Waals surface area contributed by atoms with Crippen LogP contribution in [0, 0.1) is 5.82 Å². The third-order valence-electron chi connectivity index (χ3n) is 3.82. The standard InChI is InChI=1S/C14H16FN5O3/c15-12-7-10(1-2-13(12)19-3-5-22-6-4-19)20-9-11(8-17-18-16)23-14(20)21/h1-2,7,11H,3-6,8-9H2/t11-/m1/s1. The lowest BCUT2D eigenvalue weighted by molar-refractivity contribution is 0.122. The number of hydrogen-bond donors (Lipinski definition) is 0. The predicted octanol–water partition coefficient (Wildman–Crippen LogP) is 2.30. The quantitative estimate of drug-likeness (QED) is 0.483. The minimum atomic E-state index is -0.568. The molecule has 122 valence electrons. The van der Waals surface area contributed by atoms with E-state index >= 15 is 0 Å². The van der Waals surface area contributed by atoms with Crippen LogP contribution in [0.15, 0.2) is 23.3 Å². The number of hydrogen-bond acceptors (Lipinski definition) is 5. The molecular formula is C14H16FN5O3. The Morgan fingerprint density at radius 3 is 2.87 bits per heavy atom. The Kier molecular flexibility index (Phi) is 4.50. The maximum Gasteiger partial charge on any atom is 0.414 e. The molecule has 0 N–H and O–H groups in total. The molecule has 9 heteroatoms. The van der Waals surface area contributed by atoms with Crippen LogP contribution in [0.1, 0.15) is 0 Å². The second-order valence-corrected chi connectivity index (χ2v) is 5.26. The Morgan fingerprint density at radius 2 is 2.17 bits per heavy atom. The molecule has 3 rings (SSSR count). The van der Waals surface area contributed by atoms with E-state index in [4.69, 9.17) is 15.0 Å². The third kappa shape index (κ3) is 3.30. The van der Waals surface area contributed by atoms with Crippen LogP contribution in [-0.4, -0.2) is 51.6 Å². The van der Waals surface area contributed by atoms with Crippen molar-refractivity contribution in [3.63, 3.8) is 0 Å². The number of azide groups is 1. The van der Waals surface area contributed by atoms with Crippen molar-refractivity contribution in [2.75, 3.05) is 49.2 Å². The molecule has 0 saturated carbocycles. The Morgan fingerprint density at radius 1 is 1.39 bits per heavy atom. The molecule has 1 aromatic rings. The summed E-state index contributed by atoms with van der Waals surface area (Å²) in [6, 6.07) is 4.66. The topological polar surface area (TPSA) is 90.8 Å². The summed E-state index contributed by atoms with van der Waals surface area (Å²) in [5.74, 6) is -0.393. The molecule has 0 aliphatic carbocycles. The van der Waals surface area contributed by atoms with Crippen molar-refractivity contribution < 1.29 is 18.7 Å². The van der Waals surface area contributed by atoms with Crippen LogP contribution in [0.4, 0.5) is 20.6 Å². The average Bonchev–Trinajstić information content (AvgIpc) is 2.94. The zero-order valence-electron chi connectivity index (χ0n) is 12.4. The minimum Gasteiger partial charge on any atom is -0.444 e. The molecule has 2 aliphatic rings. The van der Waals surface area contributed by atoms with Gasteiger partial charge in [0.05, 0.1) is 37.7 Å². The number of cyclic esters (lactones) is 1. The van der Waals surface area contributed by atoms with Gasteiger partial charge in [-0.3, -0.25) is 4.90 Å². The van der Waals surface area contributed by atoms with Gasteiger partial charge in [-0.1, -0.05) is 5.11 Å². The van der Waals surface area contributed by atoms with E-state index in [1.807, 2.05) is 4.90 Å². The molecule has 1 aromatic carbocycles. The SMILES string of the molecule is [N-]=[N+]=NC[C@@H]1CN(c2ccc(N3CCOCC3)c(F)c2)C(=O)O1. The summed E-state index contributed by atoms with van der Waals surface area (Å²) >= 11 is 0. The number of amides is 1. The Bertz CT molecular complexity index is 643. The van der Waals surface area contributed by atoms with Gasteiger partial charge in [-0.2, -0.15) is 0 Å². The number of halogens is 1. The largest absolute Gasteiger partial charge is 0.444 e. The van der Waals surface area contributed by atoms with E-state index in [1.165, 1.54) is 11.0 Å². The number of nitrogens with zero attached hydrogens (tertiary/aromatic N) is 5. The van der Waals surface area contributed by atoms with Gasteiger partial charge in [0.1, 0.15) is 11.9 Å². The monoisotopic (exact) mass is 321 g/mol. The first-order valence-corrected chi connectivity index (χ1v) is 7.30. The highest BCUT2D eigenvalue weighted by Gasteiger charge is 2.32. The molecule has 1 amide bonds. The Hall–Kier alpha value is -2.51. The lowest BCUT2D eigenvalue weighted by Crippen LogP contribution is -2.36. The van der Waals surface area contributed by atoms with Gasteiger partial charge < -0.3 is 14.4 Å². The van der Waals surface area contributed by atoms with Crippen molar-refractivity contribution in [3.8, 4) is 0 Å². The summed E-state index contributed by atoms with van der Waals surface area (Å²) in [6.07, 6.45) is -1.08. The van der Waals surface area contributed by atoms with Crippen molar-refractivity contribution in [3.05, 3.63) is 34.5 Å².